The van der Waals surface area contributed by atoms with E-state index in [1.165, 1.54) is 66.7 Å². The second-order valence-corrected chi connectivity index (χ2v) is 11.8. The maximum Gasteiger partial charge on any atom is 0.338 e. The average Bonchev–Trinajstić information content (AvgIpc) is 2.98. The van der Waals surface area contributed by atoms with Gasteiger partial charge in [0.15, 0.2) is 0 Å². The molecule has 39 heavy (non-hydrogen) atoms. The zero-order valence-corrected chi connectivity index (χ0v) is 25.0. The number of thioether (sulfide) groups is 1. The number of hydrogen-bond acceptors (Lipinski definition) is 3. The molecule has 0 radical (unpaired) electrons. The van der Waals surface area contributed by atoms with Gasteiger partial charge in [0.25, 0.3) is 0 Å². The summed E-state index contributed by atoms with van der Waals surface area (Å²) in [5, 5.41) is 0. The van der Waals surface area contributed by atoms with Crippen LogP contribution in [0, 0.1) is 0 Å². The van der Waals surface area contributed by atoms with Crippen LogP contribution in [0.4, 0.5) is 0 Å². The Morgan fingerprint density at radius 3 is 1.92 bits per heavy atom. The highest BCUT2D eigenvalue weighted by atomic mass is 32.2. The molecule has 0 amide bonds. The summed E-state index contributed by atoms with van der Waals surface area (Å²) in [6.45, 7) is 4.45. The predicted octanol–water partition coefficient (Wildman–Crippen LogP) is 10.9. The molecule has 210 valence electrons. The molecule has 1 atom stereocenters. The van der Waals surface area contributed by atoms with E-state index in [9.17, 15) is 4.79 Å². The zero-order valence-electron chi connectivity index (χ0n) is 24.2. The molecule has 0 aliphatic carbocycles. The molecule has 0 N–H and O–H groups in total. The van der Waals surface area contributed by atoms with Crippen LogP contribution >= 0.6 is 11.8 Å². The largest absolute Gasteiger partial charge is 0.459 e. The molecule has 0 spiro atoms. The van der Waals surface area contributed by atoms with Crippen LogP contribution in [0.1, 0.15) is 107 Å². The number of aryl methyl sites for hydroxylation is 1. The molecule has 3 aromatic rings. The Labute approximate surface area is 242 Å². The van der Waals surface area contributed by atoms with Crippen LogP contribution < -0.4 is 0 Å². The van der Waals surface area contributed by atoms with Gasteiger partial charge in [0.1, 0.15) is 6.10 Å². The zero-order chi connectivity index (χ0) is 27.5. The van der Waals surface area contributed by atoms with Crippen molar-refractivity contribution in [3.63, 3.8) is 0 Å². The molecule has 2 nitrogen and oxygen atoms in total. The quantitative estimate of drug-likeness (QED) is 0.0853. The van der Waals surface area contributed by atoms with E-state index in [4.69, 9.17) is 4.74 Å². The van der Waals surface area contributed by atoms with Gasteiger partial charge in [-0.2, -0.15) is 0 Å². The van der Waals surface area contributed by atoms with Crippen LogP contribution in [-0.2, 0) is 11.2 Å². The number of carbonyl (C=O) groups excluding carboxylic acids is 1. The van der Waals surface area contributed by atoms with Crippen molar-refractivity contribution in [1.82, 2.24) is 0 Å². The third kappa shape index (κ3) is 12.0. The number of benzene rings is 3. The maximum atomic E-state index is 12.9. The summed E-state index contributed by atoms with van der Waals surface area (Å²) in [6.07, 6.45) is 15.5. The van der Waals surface area contributed by atoms with Crippen molar-refractivity contribution in [3.05, 3.63) is 90.0 Å². The van der Waals surface area contributed by atoms with E-state index in [0.29, 0.717) is 5.56 Å². The van der Waals surface area contributed by atoms with Crippen LogP contribution in [0.25, 0.3) is 11.1 Å². The van der Waals surface area contributed by atoms with Gasteiger partial charge in [-0.15, -0.1) is 11.8 Å². The highest BCUT2D eigenvalue weighted by Crippen LogP contribution is 2.26. The predicted molar refractivity (Wildman–Crippen MR) is 169 cm³/mol. The van der Waals surface area contributed by atoms with Crippen LogP contribution in [0.15, 0.2) is 83.8 Å². The molecule has 0 aliphatic rings. The van der Waals surface area contributed by atoms with E-state index in [1.54, 1.807) is 0 Å². The Balaban J connectivity index is 1.44. The van der Waals surface area contributed by atoms with Crippen molar-refractivity contribution >= 4 is 17.7 Å². The topological polar surface area (TPSA) is 26.3 Å². The molecule has 0 aliphatic heterocycles. The highest BCUT2D eigenvalue weighted by Gasteiger charge is 2.16. The summed E-state index contributed by atoms with van der Waals surface area (Å²) in [4.78, 5) is 14.3. The van der Waals surface area contributed by atoms with Gasteiger partial charge >= 0.3 is 5.97 Å². The molecule has 0 saturated heterocycles. The fourth-order valence-electron chi connectivity index (χ4n) is 4.88. The lowest BCUT2D eigenvalue weighted by Crippen LogP contribution is -2.18. The number of unbranched alkanes of at least 4 members (excludes halogenated alkanes) is 7. The lowest BCUT2D eigenvalue weighted by Gasteiger charge is -2.18. The monoisotopic (exact) mass is 544 g/mol. The van der Waals surface area contributed by atoms with Gasteiger partial charge < -0.3 is 4.74 Å². The number of carbonyl (C=O) groups is 1. The standard InChI is InChI=1S/C36H48O2S/c1-3-5-7-8-9-10-14-29-39-35-27-25-32(26-28-35)31-21-23-33(24-22-31)36(37)38-34(19-6-4-2)20-15-18-30-16-12-11-13-17-30/h11-13,16-17,21-28,34H,3-10,14-15,18-20,29H2,1-2H3. The third-order valence-electron chi connectivity index (χ3n) is 7.31. The molecular formula is C36H48O2S. The fourth-order valence-corrected chi connectivity index (χ4v) is 5.80. The van der Waals surface area contributed by atoms with Crippen LogP contribution in [-0.4, -0.2) is 17.8 Å². The second kappa shape index (κ2) is 18.7. The maximum absolute atomic E-state index is 12.9. The SMILES string of the molecule is CCCCCCCCCSc1ccc(-c2ccc(C(=O)OC(CCCC)CCCc3ccccc3)cc2)cc1. The lowest BCUT2D eigenvalue weighted by molar-refractivity contribution is 0.0252. The summed E-state index contributed by atoms with van der Waals surface area (Å²) in [6, 6.07) is 27.2. The van der Waals surface area contributed by atoms with Crippen molar-refractivity contribution < 1.29 is 9.53 Å². The summed E-state index contributed by atoms with van der Waals surface area (Å²) in [7, 11) is 0. The van der Waals surface area contributed by atoms with Crippen molar-refractivity contribution in [2.24, 2.45) is 0 Å². The Bertz CT molecular complexity index is 1040. The molecule has 1 unspecified atom stereocenters. The number of rotatable bonds is 19. The molecule has 0 fully saturated rings. The van der Waals surface area contributed by atoms with Gasteiger partial charge in [0.05, 0.1) is 5.56 Å². The van der Waals surface area contributed by atoms with Crippen molar-refractivity contribution in [3.8, 4) is 11.1 Å². The summed E-state index contributed by atoms with van der Waals surface area (Å²) in [5.74, 6) is 0.981. The van der Waals surface area contributed by atoms with Crippen molar-refractivity contribution in [2.75, 3.05) is 5.75 Å². The van der Waals surface area contributed by atoms with Gasteiger partial charge in [-0.1, -0.05) is 120 Å². The molecule has 0 saturated carbocycles. The van der Waals surface area contributed by atoms with Gasteiger partial charge in [0, 0.05) is 4.90 Å². The second-order valence-electron chi connectivity index (χ2n) is 10.6. The third-order valence-corrected chi connectivity index (χ3v) is 8.41. The van der Waals surface area contributed by atoms with Gasteiger partial charge in [-0.25, -0.2) is 4.79 Å². The Morgan fingerprint density at radius 1 is 0.667 bits per heavy atom. The highest BCUT2D eigenvalue weighted by molar-refractivity contribution is 7.99. The molecule has 0 heterocycles. The smallest absolute Gasteiger partial charge is 0.338 e. The molecule has 0 aromatic heterocycles. The minimum Gasteiger partial charge on any atom is -0.459 e. The number of esters is 1. The Morgan fingerprint density at radius 2 is 1.26 bits per heavy atom. The Kier molecular flexibility index (Phi) is 14.9. The van der Waals surface area contributed by atoms with Crippen LogP contribution in [0.2, 0.25) is 0 Å². The molecule has 0 bridgehead atoms. The first-order valence-electron chi connectivity index (χ1n) is 15.3. The van der Waals surface area contributed by atoms with Gasteiger partial charge in [-0.3, -0.25) is 0 Å². The van der Waals surface area contributed by atoms with Crippen LogP contribution in [0.5, 0.6) is 0 Å². The van der Waals surface area contributed by atoms with E-state index < -0.39 is 0 Å². The van der Waals surface area contributed by atoms with E-state index in [1.807, 2.05) is 42.1 Å². The van der Waals surface area contributed by atoms with E-state index in [2.05, 4.69) is 62.4 Å². The van der Waals surface area contributed by atoms with E-state index in [-0.39, 0.29) is 12.1 Å². The van der Waals surface area contributed by atoms with Gasteiger partial charge in [-0.05, 0) is 78.8 Å². The number of ether oxygens (including phenoxy) is 1. The minimum absolute atomic E-state index is 0.0214. The summed E-state index contributed by atoms with van der Waals surface area (Å²) in [5.41, 5.74) is 4.27. The number of hydrogen-bond donors (Lipinski definition) is 0. The fraction of sp³-hybridized carbons (Fsp3) is 0.472. The molecular weight excluding hydrogens is 496 g/mol. The molecule has 3 aromatic carbocycles. The average molecular weight is 545 g/mol. The van der Waals surface area contributed by atoms with E-state index in [0.717, 1.165) is 44.1 Å². The normalized spacial score (nSPS) is 11.8. The summed E-state index contributed by atoms with van der Waals surface area (Å²) >= 11 is 1.95. The first-order valence-corrected chi connectivity index (χ1v) is 16.3. The first-order chi connectivity index (χ1) is 19.2. The first kappa shape index (κ1) is 31.0. The van der Waals surface area contributed by atoms with Crippen molar-refractivity contribution in [1.29, 1.82) is 0 Å². The molecule has 3 rings (SSSR count). The van der Waals surface area contributed by atoms with Crippen molar-refractivity contribution in [2.45, 2.75) is 108 Å². The molecule has 3 heteroatoms. The summed E-state index contributed by atoms with van der Waals surface area (Å²) < 4.78 is 5.98. The van der Waals surface area contributed by atoms with Crippen LogP contribution in [0.3, 0.4) is 0 Å². The van der Waals surface area contributed by atoms with E-state index >= 15 is 0 Å². The Hall–Kier alpha value is -2.52. The lowest BCUT2D eigenvalue weighted by atomic mass is 10.0. The van der Waals surface area contributed by atoms with Gasteiger partial charge in [0.2, 0.25) is 0 Å². The minimum atomic E-state index is -0.209.